The predicted molar refractivity (Wildman–Crippen MR) is 78.3 cm³/mol. The Labute approximate surface area is 124 Å². The first-order valence-corrected chi connectivity index (χ1v) is 7.28. The Morgan fingerprint density at radius 1 is 1.40 bits per heavy atom. The average molecular weight is 298 g/mol. The van der Waals surface area contributed by atoms with Crippen molar-refractivity contribution >= 4 is 17.5 Å². The number of amides is 1. The summed E-state index contributed by atoms with van der Waals surface area (Å²) in [5, 5.41) is 0. The standard InChI is InChI=1S/C15H20ClNO3/c1-11-9-17(10-14(8-16)20-11)15(18)7-12-3-5-13(19-2)6-4-12/h3-6,11,14H,7-10H2,1-2H3. The van der Waals surface area contributed by atoms with Gasteiger partial charge >= 0.3 is 0 Å². The van der Waals surface area contributed by atoms with Crippen molar-refractivity contribution in [3.05, 3.63) is 29.8 Å². The normalized spacial score (nSPS) is 22.6. The first kappa shape index (κ1) is 15.1. The number of carbonyl (C=O) groups is 1. The molecule has 110 valence electrons. The molecule has 2 atom stereocenters. The molecule has 1 aliphatic rings. The quantitative estimate of drug-likeness (QED) is 0.799. The highest BCUT2D eigenvalue weighted by Gasteiger charge is 2.27. The van der Waals surface area contributed by atoms with Crippen LogP contribution in [0, 0.1) is 0 Å². The molecule has 2 unspecified atom stereocenters. The second kappa shape index (κ2) is 6.95. The van der Waals surface area contributed by atoms with Crippen molar-refractivity contribution in [1.29, 1.82) is 0 Å². The van der Waals surface area contributed by atoms with Crippen molar-refractivity contribution in [1.82, 2.24) is 4.90 Å². The molecule has 2 rings (SSSR count). The molecule has 1 aromatic carbocycles. The largest absolute Gasteiger partial charge is 0.497 e. The van der Waals surface area contributed by atoms with Crippen LogP contribution in [0.15, 0.2) is 24.3 Å². The minimum atomic E-state index is -0.0692. The molecule has 1 saturated heterocycles. The smallest absolute Gasteiger partial charge is 0.227 e. The molecule has 1 amide bonds. The van der Waals surface area contributed by atoms with Crippen molar-refractivity contribution < 1.29 is 14.3 Å². The zero-order chi connectivity index (χ0) is 14.5. The highest BCUT2D eigenvalue weighted by Crippen LogP contribution is 2.16. The van der Waals surface area contributed by atoms with E-state index in [0.29, 0.717) is 25.4 Å². The van der Waals surface area contributed by atoms with Gasteiger partial charge in [0.25, 0.3) is 0 Å². The molecule has 1 fully saturated rings. The number of alkyl halides is 1. The van der Waals surface area contributed by atoms with Gasteiger partial charge in [-0.1, -0.05) is 12.1 Å². The Kier molecular flexibility index (Phi) is 5.26. The van der Waals surface area contributed by atoms with Crippen LogP contribution in [-0.2, 0) is 16.0 Å². The van der Waals surface area contributed by atoms with E-state index in [0.717, 1.165) is 11.3 Å². The van der Waals surface area contributed by atoms with Gasteiger partial charge in [-0.3, -0.25) is 4.79 Å². The fourth-order valence-corrected chi connectivity index (χ4v) is 2.53. The molecule has 0 radical (unpaired) electrons. The summed E-state index contributed by atoms with van der Waals surface area (Å²) in [6.07, 6.45) is 0.360. The van der Waals surface area contributed by atoms with Crippen LogP contribution in [-0.4, -0.2) is 49.1 Å². The number of benzene rings is 1. The molecule has 5 heteroatoms. The number of halogens is 1. The number of rotatable bonds is 4. The summed E-state index contributed by atoms with van der Waals surface area (Å²) < 4.78 is 10.8. The van der Waals surface area contributed by atoms with Gasteiger partial charge in [-0.15, -0.1) is 11.6 Å². The molecule has 1 aliphatic heterocycles. The van der Waals surface area contributed by atoms with Crippen LogP contribution < -0.4 is 4.74 Å². The lowest BCUT2D eigenvalue weighted by molar-refractivity contribution is -0.142. The lowest BCUT2D eigenvalue weighted by Gasteiger charge is -2.36. The van der Waals surface area contributed by atoms with E-state index in [1.165, 1.54) is 0 Å². The summed E-state index contributed by atoms with van der Waals surface area (Å²) in [6.45, 7) is 3.16. The fourth-order valence-electron chi connectivity index (χ4n) is 2.36. The highest BCUT2D eigenvalue weighted by atomic mass is 35.5. The number of ether oxygens (including phenoxy) is 2. The molecule has 4 nitrogen and oxygen atoms in total. The second-order valence-corrected chi connectivity index (χ2v) is 5.36. The van der Waals surface area contributed by atoms with Gasteiger partial charge in [0, 0.05) is 13.1 Å². The summed E-state index contributed by atoms with van der Waals surface area (Å²) in [6, 6.07) is 7.57. The van der Waals surface area contributed by atoms with Crippen molar-refractivity contribution in [3.63, 3.8) is 0 Å². The van der Waals surface area contributed by atoms with E-state index in [2.05, 4.69) is 0 Å². The summed E-state index contributed by atoms with van der Waals surface area (Å²) in [4.78, 5) is 14.2. The molecule has 0 saturated carbocycles. The van der Waals surface area contributed by atoms with E-state index in [9.17, 15) is 4.79 Å². The lowest BCUT2D eigenvalue weighted by atomic mass is 10.1. The highest BCUT2D eigenvalue weighted by molar-refractivity contribution is 6.18. The summed E-state index contributed by atoms with van der Waals surface area (Å²) >= 11 is 5.83. The molecule has 0 aromatic heterocycles. The Morgan fingerprint density at radius 3 is 2.70 bits per heavy atom. The number of methoxy groups -OCH3 is 1. The fraction of sp³-hybridized carbons (Fsp3) is 0.533. The Bertz CT molecular complexity index is 449. The predicted octanol–water partition coefficient (Wildman–Crippen LogP) is 2.09. The van der Waals surface area contributed by atoms with Crippen LogP contribution in [0.25, 0.3) is 0 Å². The SMILES string of the molecule is COc1ccc(CC(=O)N2CC(C)OC(CCl)C2)cc1. The van der Waals surface area contributed by atoms with Crippen LogP contribution >= 0.6 is 11.6 Å². The maximum absolute atomic E-state index is 12.3. The molecule has 1 aromatic rings. The first-order valence-electron chi connectivity index (χ1n) is 6.74. The number of carbonyl (C=O) groups excluding carboxylic acids is 1. The third-order valence-electron chi connectivity index (χ3n) is 3.37. The van der Waals surface area contributed by atoms with Gasteiger partial charge in [0.05, 0.1) is 31.6 Å². The van der Waals surface area contributed by atoms with Crippen LogP contribution in [0.1, 0.15) is 12.5 Å². The summed E-state index contributed by atoms with van der Waals surface area (Å²) in [5.74, 6) is 1.32. The molecule has 20 heavy (non-hydrogen) atoms. The van der Waals surface area contributed by atoms with Crippen LogP contribution in [0.2, 0.25) is 0 Å². The zero-order valence-corrected chi connectivity index (χ0v) is 12.6. The van der Waals surface area contributed by atoms with Gasteiger partial charge in [0.1, 0.15) is 5.75 Å². The van der Waals surface area contributed by atoms with E-state index in [4.69, 9.17) is 21.1 Å². The van der Waals surface area contributed by atoms with Gasteiger partial charge in [-0.25, -0.2) is 0 Å². The third-order valence-corrected chi connectivity index (χ3v) is 3.71. The molecule has 1 heterocycles. The second-order valence-electron chi connectivity index (χ2n) is 5.05. The third kappa shape index (κ3) is 3.87. The maximum atomic E-state index is 12.3. The van der Waals surface area contributed by atoms with E-state index < -0.39 is 0 Å². The van der Waals surface area contributed by atoms with Crippen LogP contribution in [0.3, 0.4) is 0 Å². The molecular formula is C15H20ClNO3. The zero-order valence-electron chi connectivity index (χ0n) is 11.8. The van der Waals surface area contributed by atoms with E-state index in [1.54, 1.807) is 7.11 Å². The topological polar surface area (TPSA) is 38.8 Å². The first-order chi connectivity index (χ1) is 9.62. The van der Waals surface area contributed by atoms with E-state index in [1.807, 2.05) is 36.1 Å². The van der Waals surface area contributed by atoms with Gasteiger partial charge < -0.3 is 14.4 Å². The van der Waals surface area contributed by atoms with Crippen molar-refractivity contribution in [2.24, 2.45) is 0 Å². The summed E-state index contributed by atoms with van der Waals surface area (Å²) in [5.41, 5.74) is 0.984. The maximum Gasteiger partial charge on any atom is 0.227 e. The van der Waals surface area contributed by atoms with Gasteiger partial charge in [0.2, 0.25) is 5.91 Å². The number of morpholine rings is 1. The Morgan fingerprint density at radius 2 is 2.10 bits per heavy atom. The molecule has 0 aliphatic carbocycles. The summed E-state index contributed by atoms with van der Waals surface area (Å²) in [7, 11) is 1.63. The van der Waals surface area contributed by atoms with Crippen molar-refractivity contribution in [2.75, 3.05) is 26.1 Å². The molecular weight excluding hydrogens is 278 g/mol. The number of hydrogen-bond donors (Lipinski definition) is 0. The lowest BCUT2D eigenvalue weighted by Crippen LogP contribution is -2.50. The van der Waals surface area contributed by atoms with Crippen molar-refractivity contribution in [3.8, 4) is 5.75 Å². The molecule has 0 spiro atoms. The minimum Gasteiger partial charge on any atom is -0.497 e. The Balaban J connectivity index is 1.96. The monoisotopic (exact) mass is 297 g/mol. The number of nitrogens with zero attached hydrogens (tertiary/aromatic N) is 1. The Hall–Kier alpha value is -1.26. The van der Waals surface area contributed by atoms with Gasteiger partial charge in [-0.2, -0.15) is 0 Å². The van der Waals surface area contributed by atoms with Gasteiger partial charge in [-0.05, 0) is 24.6 Å². The molecule has 0 bridgehead atoms. The molecule has 0 N–H and O–H groups in total. The number of hydrogen-bond acceptors (Lipinski definition) is 3. The van der Waals surface area contributed by atoms with Crippen LogP contribution in [0.4, 0.5) is 0 Å². The minimum absolute atomic E-state index is 0.0346. The van der Waals surface area contributed by atoms with E-state index in [-0.39, 0.29) is 18.1 Å². The van der Waals surface area contributed by atoms with Crippen LogP contribution in [0.5, 0.6) is 5.75 Å². The average Bonchev–Trinajstić information content (AvgIpc) is 2.47. The van der Waals surface area contributed by atoms with Crippen molar-refractivity contribution in [2.45, 2.75) is 25.6 Å². The van der Waals surface area contributed by atoms with E-state index >= 15 is 0 Å². The van der Waals surface area contributed by atoms with Gasteiger partial charge in [0.15, 0.2) is 0 Å².